The van der Waals surface area contributed by atoms with E-state index in [2.05, 4.69) is 0 Å². The number of fused-ring (bicyclic) bond motifs is 1. The Labute approximate surface area is 164 Å². The van der Waals surface area contributed by atoms with Gasteiger partial charge in [-0.25, -0.2) is 0 Å². The first kappa shape index (κ1) is 19.7. The molecule has 1 aliphatic heterocycles. The van der Waals surface area contributed by atoms with Crippen molar-refractivity contribution in [3.63, 3.8) is 0 Å². The van der Waals surface area contributed by atoms with E-state index in [0.29, 0.717) is 41.5 Å². The van der Waals surface area contributed by atoms with Gasteiger partial charge in [-0.1, -0.05) is 12.1 Å². The maximum absolute atomic E-state index is 12.3. The second kappa shape index (κ2) is 9.23. The Kier molecular flexibility index (Phi) is 6.49. The number of nitrogen functional groups attached to an aromatic ring is 1. The van der Waals surface area contributed by atoms with Gasteiger partial charge in [0, 0.05) is 25.4 Å². The van der Waals surface area contributed by atoms with Crippen molar-refractivity contribution in [2.75, 3.05) is 32.8 Å². The molecule has 0 saturated heterocycles. The number of ether oxygens (including phenoxy) is 3. The van der Waals surface area contributed by atoms with Crippen molar-refractivity contribution >= 4 is 17.5 Å². The van der Waals surface area contributed by atoms with Crippen molar-refractivity contribution in [3.8, 4) is 11.5 Å². The van der Waals surface area contributed by atoms with Gasteiger partial charge in [0.25, 0.3) is 11.8 Å². The minimum Gasteiger partial charge on any atom is -0.490 e. The van der Waals surface area contributed by atoms with Crippen LogP contribution in [0.2, 0.25) is 0 Å². The van der Waals surface area contributed by atoms with Gasteiger partial charge < -0.3 is 19.9 Å². The highest BCUT2D eigenvalue weighted by atomic mass is 16.7. The maximum Gasteiger partial charge on any atom is 0.261 e. The lowest BCUT2D eigenvalue weighted by atomic mass is 10.1. The molecule has 28 heavy (non-hydrogen) atoms. The normalized spacial score (nSPS) is 13.0. The summed E-state index contributed by atoms with van der Waals surface area (Å²) in [6.07, 6.45) is 2.34. The fourth-order valence-corrected chi connectivity index (χ4v) is 3.05. The third-order valence-corrected chi connectivity index (χ3v) is 4.46. The Morgan fingerprint density at radius 1 is 0.893 bits per heavy atom. The fraction of sp³-hybridized carbons (Fsp3) is 0.333. The summed E-state index contributed by atoms with van der Waals surface area (Å²) in [7, 11) is 1.54. The first-order valence-corrected chi connectivity index (χ1v) is 9.21. The van der Waals surface area contributed by atoms with E-state index in [0.717, 1.165) is 19.3 Å². The van der Waals surface area contributed by atoms with Crippen LogP contribution in [0, 0.1) is 0 Å². The number of hydrogen-bond acceptors (Lipinski definition) is 6. The molecule has 0 atom stereocenters. The molecule has 148 valence electrons. The average molecular weight is 384 g/mol. The summed E-state index contributed by atoms with van der Waals surface area (Å²) in [5.41, 5.74) is 7.33. The van der Waals surface area contributed by atoms with Gasteiger partial charge in [0.05, 0.1) is 17.7 Å². The minimum absolute atomic E-state index is 0.111. The van der Waals surface area contributed by atoms with Crippen LogP contribution in [0.4, 0.5) is 5.69 Å². The van der Waals surface area contributed by atoms with Crippen LogP contribution in [-0.4, -0.2) is 43.8 Å². The average Bonchev–Trinajstić information content (AvgIpc) is 2.95. The summed E-state index contributed by atoms with van der Waals surface area (Å²) in [5.74, 6) is 0.719. The number of amides is 2. The Hall–Kier alpha value is -3.06. The lowest BCUT2D eigenvalue weighted by Gasteiger charge is -2.14. The topological polar surface area (TPSA) is 91.1 Å². The van der Waals surface area contributed by atoms with Gasteiger partial charge in [0.1, 0.15) is 0 Å². The van der Waals surface area contributed by atoms with E-state index in [-0.39, 0.29) is 18.6 Å². The zero-order valence-corrected chi connectivity index (χ0v) is 15.8. The Morgan fingerprint density at radius 3 is 2.29 bits per heavy atom. The van der Waals surface area contributed by atoms with Gasteiger partial charge in [-0.05, 0) is 43.5 Å². The molecular formula is C21H24N2O5. The Morgan fingerprint density at radius 2 is 1.61 bits per heavy atom. The number of methoxy groups -OCH3 is 1. The first-order valence-electron chi connectivity index (χ1n) is 9.21. The van der Waals surface area contributed by atoms with Crippen molar-refractivity contribution in [2.24, 2.45) is 0 Å². The number of unbranched alkanes of at least 4 members (excludes halogenated alkanes) is 2. The van der Waals surface area contributed by atoms with Crippen LogP contribution in [0.5, 0.6) is 11.5 Å². The molecule has 0 fully saturated rings. The molecule has 0 bridgehead atoms. The maximum atomic E-state index is 12.3. The number of rotatable bonds is 10. The van der Waals surface area contributed by atoms with Crippen molar-refractivity contribution < 1.29 is 23.8 Å². The summed E-state index contributed by atoms with van der Waals surface area (Å²) in [6.45, 7) is 1.02. The fourth-order valence-electron chi connectivity index (χ4n) is 3.05. The third kappa shape index (κ3) is 4.43. The van der Waals surface area contributed by atoms with Gasteiger partial charge in [0.2, 0.25) is 0 Å². The highest BCUT2D eigenvalue weighted by Crippen LogP contribution is 2.29. The monoisotopic (exact) mass is 384 g/mol. The van der Waals surface area contributed by atoms with E-state index < -0.39 is 0 Å². The highest BCUT2D eigenvalue weighted by molar-refractivity contribution is 6.21. The quantitative estimate of drug-likeness (QED) is 0.293. The lowest BCUT2D eigenvalue weighted by molar-refractivity contribution is 0.0485. The molecule has 0 aromatic heterocycles. The number of nitrogens with zero attached hydrogens (tertiary/aromatic N) is 1. The standard InChI is InChI=1S/C21H24N2O5/c1-26-14-28-19-13-15(22)9-10-18(19)27-12-6-2-5-11-23-20(24)16-7-3-4-8-17(16)21(23)25/h3-4,7-10,13H,2,5-6,11-12,14,22H2,1H3. The summed E-state index contributed by atoms with van der Waals surface area (Å²) in [4.78, 5) is 25.9. The summed E-state index contributed by atoms with van der Waals surface area (Å²) < 4.78 is 16.1. The SMILES string of the molecule is COCOc1cc(N)ccc1OCCCCCN1C(=O)c2ccccc2C1=O. The first-order chi connectivity index (χ1) is 13.6. The van der Waals surface area contributed by atoms with E-state index in [9.17, 15) is 9.59 Å². The Balaban J connectivity index is 1.42. The molecule has 2 aromatic rings. The van der Waals surface area contributed by atoms with Crippen LogP contribution in [0.15, 0.2) is 42.5 Å². The van der Waals surface area contributed by atoms with Crippen LogP contribution in [0.25, 0.3) is 0 Å². The van der Waals surface area contributed by atoms with E-state index >= 15 is 0 Å². The second-order valence-electron chi connectivity index (χ2n) is 6.47. The summed E-state index contributed by atoms with van der Waals surface area (Å²) in [5, 5.41) is 0. The number of anilines is 1. The predicted molar refractivity (Wildman–Crippen MR) is 105 cm³/mol. The second-order valence-corrected chi connectivity index (χ2v) is 6.47. The number of hydrogen-bond donors (Lipinski definition) is 1. The van der Waals surface area contributed by atoms with Crippen LogP contribution in [0.3, 0.4) is 0 Å². The molecule has 2 aromatic carbocycles. The van der Waals surface area contributed by atoms with Crippen molar-refractivity contribution in [3.05, 3.63) is 53.6 Å². The molecule has 0 radical (unpaired) electrons. The van der Waals surface area contributed by atoms with Crippen molar-refractivity contribution in [2.45, 2.75) is 19.3 Å². The van der Waals surface area contributed by atoms with Gasteiger partial charge in [-0.3, -0.25) is 14.5 Å². The van der Waals surface area contributed by atoms with Crippen molar-refractivity contribution in [1.29, 1.82) is 0 Å². The molecule has 3 rings (SSSR count). The largest absolute Gasteiger partial charge is 0.490 e. The van der Waals surface area contributed by atoms with Crippen LogP contribution < -0.4 is 15.2 Å². The van der Waals surface area contributed by atoms with Crippen LogP contribution in [0.1, 0.15) is 40.0 Å². The van der Waals surface area contributed by atoms with Gasteiger partial charge in [-0.15, -0.1) is 0 Å². The zero-order chi connectivity index (χ0) is 19.9. The molecule has 0 aliphatic carbocycles. The molecule has 0 saturated carbocycles. The molecule has 7 heteroatoms. The predicted octanol–water partition coefficient (Wildman–Crippen LogP) is 3.10. The van der Waals surface area contributed by atoms with Gasteiger partial charge >= 0.3 is 0 Å². The molecule has 0 spiro atoms. The van der Waals surface area contributed by atoms with Crippen LogP contribution >= 0.6 is 0 Å². The Bertz CT molecular complexity index is 817. The van der Waals surface area contributed by atoms with Crippen LogP contribution in [-0.2, 0) is 4.74 Å². The van der Waals surface area contributed by atoms with E-state index in [1.165, 1.54) is 4.90 Å². The molecule has 1 heterocycles. The molecule has 0 unspecified atom stereocenters. The molecule has 1 aliphatic rings. The van der Waals surface area contributed by atoms with E-state index in [4.69, 9.17) is 19.9 Å². The number of carbonyl (C=O) groups is 2. The molecule has 2 amide bonds. The highest BCUT2D eigenvalue weighted by Gasteiger charge is 2.34. The summed E-state index contributed by atoms with van der Waals surface area (Å²) >= 11 is 0. The van der Waals surface area contributed by atoms with Gasteiger partial charge in [0.15, 0.2) is 18.3 Å². The smallest absolute Gasteiger partial charge is 0.261 e. The number of carbonyl (C=O) groups excluding carboxylic acids is 2. The van der Waals surface area contributed by atoms with Crippen molar-refractivity contribution in [1.82, 2.24) is 4.90 Å². The third-order valence-electron chi connectivity index (χ3n) is 4.46. The zero-order valence-electron chi connectivity index (χ0n) is 15.8. The lowest BCUT2D eigenvalue weighted by Crippen LogP contribution is -2.30. The number of benzene rings is 2. The van der Waals surface area contributed by atoms with E-state index in [1.54, 1.807) is 49.6 Å². The molecular weight excluding hydrogens is 360 g/mol. The van der Waals surface area contributed by atoms with Gasteiger partial charge in [-0.2, -0.15) is 0 Å². The number of imide groups is 1. The minimum atomic E-state index is -0.210. The van der Waals surface area contributed by atoms with E-state index in [1.807, 2.05) is 0 Å². The molecule has 2 N–H and O–H groups in total. The number of nitrogens with two attached hydrogens (primary N) is 1. The molecule has 7 nitrogen and oxygen atoms in total. The summed E-state index contributed by atoms with van der Waals surface area (Å²) in [6, 6.07) is 12.1.